The van der Waals surface area contributed by atoms with Crippen LogP contribution in [-0.4, -0.2) is 17.7 Å². The molecule has 0 aliphatic heterocycles. The molecule has 0 heterocycles. The third kappa shape index (κ3) is 2.13. The summed E-state index contributed by atoms with van der Waals surface area (Å²) in [7, 11) is 0. The molecule has 1 aliphatic carbocycles. The summed E-state index contributed by atoms with van der Waals surface area (Å²) in [6, 6.07) is 0. The van der Waals surface area contributed by atoms with E-state index in [0.717, 1.165) is 5.57 Å². The Balaban J connectivity index is 3.05. The van der Waals surface area contributed by atoms with Crippen molar-refractivity contribution in [2.24, 2.45) is 9.98 Å². The molecule has 0 spiro atoms. The van der Waals surface area contributed by atoms with Gasteiger partial charge >= 0.3 is 0 Å². The molecule has 0 radical (unpaired) electrons. The van der Waals surface area contributed by atoms with Crippen molar-refractivity contribution in [2.75, 3.05) is 0 Å². The number of rotatable bonds is 2. The second-order valence-electron chi connectivity index (χ2n) is 3.40. The molecule has 0 bridgehead atoms. The van der Waals surface area contributed by atoms with Gasteiger partial charge in [-0.3, -0.25) is 0 Å². The van der Waals surface area contributed by atoms with E-state index in [4.69, 9.17) is 0 Å². The van der Waals surface area contributed by atoms with Crippen molar-refractivity contribution < 1.29 is 9.59 Å². The van der Waals surface area contributed by atoms with Gasteiger partial charge in [-0.1, -0.05) is 12.2 Å². The normalized spacial score (nSPS) is 25.3. The molecular formula is C10H10N2O2. The maximum absolute atomic E-state index is 10.2. The number of nitrogens with zero attached hydrogens (tertiary/aromatic N) is 2. The number of allylic oxidation sites excluding steroid dienone is 2. The zero-order chi connectivity index (χ0) is 10.6. The average Bonchev–Trinajstić information content (AvgIpc) is 2.13. The Morgan fingerprint density at radius 2 is 2.14 bits per heavy atom. The molecule has 0 N–H and O–H groups in total. The first-order chi connectivity index (χ1) is 6.61. The molecule has 0 aromatic rings. The summed E-state index contributed by atoms with van der Waals surface area (Å²) in [5, 5.41) is 0. The minimum absolute atomic E-state index is 0.430. The van der Waals surface area contributed by atoms with Crippen LogP contribution < -0.4 is 0 Å². The lowest BCUT2D eigenvalue weighted by molar-refractivity contribution is 0.529. The van der Waals surface area contributed by atoms with E-state index >= 15 is 0 Å². The highest BCUT2D eigenvalue weighted by Gasteiger charge is 2.25. The fourth-order valence-corrected chi connectivity index (χ4v) is 1.30. The van der Waals surface area contributed by atoms with Crippen molar-refractivity contribution in [3.8, 4) is 0 Å². The molecule has 4 nitrogen and oxygen atoms in total. The lowest BCUT2D eigenvalue weighted by Crippen LogP contribution is -2.21. The lowest BCUT2D eigenvalue weighted by Gasteiger charge is -2.23. The Morgan fingerprint density at radius 3 is 2.71 bits per heavy atom. The van der Waals surface area contributed by atoms with Gasteiger partial charge in [-0.15, -0.1) is 0 Å². The van der Waals surface area contributed by atoms with E-state index in [2.05, 4.69) is 9.98 Å². The smallest absolute Gasteiger partial charge is 0.211 e. The molecule has 1 unspecified atom stereocenters. The van der Waals surface area contributed by atoms with E-state index in [1.54, 1.807) is 19.1 Å². The average molecular weight is 190 g/mol. The number of isocyanates is 2. The Labute approximate surface area is 81.8 Å². The van der Waals surface area contributed by atoms with Crippen LogP contribution in [-0.2, 0) is 9.59 Å². The third-order valence-electron chi connectivity index (χ3n) is 2.15. The largest absolute Gasteiger partial charge is 0.240 e. The summed E-state index contributed by atoms with van der Waals surface area (Å²) < 4.78 is 0. The maximum Gasteiger partial charge on any atom is 0.240 e. The molecule has 0 saturated carbocycles. The Bertz CT molecular complexity index is 396. The number of hydrogen-bond acceptors (Lipinski definition) is 4. The van der Waals surface area contributed by atoms with E-state index in [1.165, 1.54) is 12.2 Å². The fraction of sp³-hybridized carbons (Fsp3) is 0.400. The highest BCUT2D eigenvalue weighted by Crippen LogP contribution is 2.29. The predicted octanol–water partition coefficient (Wildman–Crippen LogP) is 1.65. The second kappa shape index (κ2) is 3.97. The summed E-state index contributed by atoms with van der Waals surface area (Å²) in [6.45, 7) is 3.62. The van der Waals surface area contributed by atoms with Crippen LogP contribution in [0.2, 0.25) is 0 Å². The Hall–Kier alpha value is -1.76. The van der Waals surface area contributed by atoms with E-state index < -0.39 is 5.54 Å². The van der Waals surface area contributed by atoms with Crippen LogP contribution in [0.15, 0.2) is 33.4 Å². The van der Waals surface area contributed by atoms with Crippen LogP contribution in [0.25, 0.3) is 0 Å². The van der Waals surface area contributed by atoms with Crippen LogP contribution in [0.3, 0.4) is 0 Å². The van der Waals surface area contributed by atoms with E-state index in [9.17, 15) is 9.59 Å². The van der Waals surface area contributed by atoms with Crippen LogP contribution in [0.1, 0.15) is 20.3 Å². The Morgan fingerprint density at radius 1 is 1.43 bits per heavy atom. The molecule has 0 aromatic carbocycles. The summed E-state index contributed by atoms with van der Waals surface area (Å²) in [4.78, 5) is 27.5. The number of carbonyl (C=O) groups excluding carboxylic acids is 2. The zero-order valence-electron chi connectivity index (χ0n) is 8.07. The van der Waals surface area contributed by atoms with Crippen molar-refractivity contribution >= 4 is 12.2 Å². The van der Waals surface area contributed by atoms with Gasteiger partial charge in [0.2, 0.25) is 12.2 Å². The van der Waals surface area contributed by atoms with E-state index in [0.29, 0.717) is 12.1 Å². The lowest BCUT2D eigenvalue weighted by atomic mass is 9.89. The first-order valence-electron chi connectivity index (χ1n) is 4.17. The van der Waals surface area contributed by atoms with Crippen molar-refractivity contribution in [1.82, 2.24) is 0 Å². The van der Waals surface area contributed by atoms with E-state index in [-0.39, 0.29) is 0 Å². The first-order valence-corrected chi connectivity index (χ1v) is 4.17. The minimum atomic E-state index is -0.628. The standard InChI is InChI=1S/C10H10N2O2/c1-8-3-4-10(2,12-7-14)5-9(8)11-6-13/h3-4H,5H2,1-2H3. The van der Waals surface area contributed by atoms with Gasteiger partial charge < -0.3 is 0 Å². The highest BCUT2D eigenvalue weighted by molar-refractivity contribution is 5.44. The molecule has 0 fully saturated rings. The molecule has 1 aliphatic rings. The quantitative estimate of drug-likeness (QED) is 0.491. The monoisotopic (exact) mass is 190 g/mol. The summed E-state index contributed by atoms with van der Waals surface area (Å²) in [5.41, 5.74) is 0.882. The summed E-state index contributed by atoms with van der Waals surface area (Å²) in [5.74, 6) is 0. The van der Waals surface area contributed by atoms with Gasteiger partial charge in [0.15, 0.2) is 0 Å². The van der Waals surface area contributed by atoms with Crippen LogP contribution >= 0.6 is 0 Å². The van der Waals surface area contributed by atoms with Crippen molar-refractivity contribution in [3.63, 3.8) is 0 Å². The van der Waals surface area contributed by atoms with Gasteiger partial charge in [0.1, 0.15) is 0 Å². The van der Waals surface area contributed by atoms with Crippen molar-refractivity contribution in [1.29, 1.82) is 0 Å². The van der Waals surface area contributed by atoms with Gasteiger partial charge in [-0.25, -0.2) is 9.59 Å². The van der Waals surface area contributed by atoms with Crippen LogP contribution in [0.4, 0.5) is 0 Å². The molecule has 14 heavy (non-hydrogen) atoms. The topological polar surface area (TPSA) is 58.9 Å². The second-order valence-corrected chi connectivity index (χ2v) is 3.40. The van der Waals surface area contributed by atoms with Crippen LogP contribution in [0.5, 0.6) is 0 Å². The number of aliphatic imine (C=N–C) groups is 2. The molecule has 1 atom stereocenters. The maximum atomic E-state index is 10.2. The first kappa shape index (κ1) is 10.3. The number of hydrogen-bond donors (Lipinski definition) is 0. The van der Waals surface area contributed by atoms with Gasteiger partial charge in [-0.05, 0) is 19.4 Å². The van der Waals surface area contributed by atoms with Crippen molar-refractivity contribution in [3.05, 3.63) is 23.4 Å². The molecule has 0 saturated heterocycles. The molecule has 0 amide bonds. The molecular weight excluding hydrogens is 180 g/mol. The SMILES string of the molecule is CC1=C(N=C=O)CC(C)(N=C=O)C=C1. The third-order valence-corrected chi connectivity index (χ3v) is 2.15. The zero-order valence-corrected chi connectivity index (χ0v) is 8.07. The van der Waals surface area contributed by atoms with Crippen molar-refractivity contribution in [2.45, 2.75) is 25.8 Å². The van der Waals surface area contributed by atoms with Gasteiger partial charge in [0, 0.05) is 6.42 Å². The van der Waals surface area contributed by atoms with Gasteiger partial charge in [0.25, 0.3) is 0 Å². The fourth-order valence-electron chi connectivity index (χ4n) is 1.30. The molecule has 4 heteroatoms. The van der Waals surface area contributed by atoms with Gasteiger partial charge in [0.05, 0.1) is 11.2 Å². The predicted molar refractivity (Wildman–Crippen MR) is 51.1 cm³/mol. The van der Waals surface area contributed by atoms with Gasteiger partial charge in [-0.2, -0.15) is 9.98 Å². The summed E-state index contributed by atoms with van der Waals surface area (Å²) >= 11 is 0. The van der Waals surface area contributed by atoms with E-state index in [1.807, 2.05) is 6.92 Å². The summed E-state index contributed by atoms with van der Waals surface area (Å²) in [6.07, 6.45) is 7.03. The Kier molecular flexibility index (Phi) is 2.92. The molecule has 72 valence electrons. The highest BCUT2D eigenvalue weighted by atomic mass is 16.1. The molecule has 1 rings (SSSR count). The minimum Gasteiger partial charge on any atom is -0.211 e. The molecule has 0 aromatic heterocycles. The van der Waals surface area contributed by atoms with Crippen LogP contribution in [0, 0.1) is 0 Å².